The van der Waals surface area contributed by atoms with Crippen molar-refractivity contribution in [3.8, 4) is 0 Å². The van der Waals surface area contributed by atoms with Gasteiger partial charge in [-0.2, -0.15) is 0 Å². The second kappa shape index (κ2) is 7.88. The predicted octanol–water partition coefficient (Wildman–Crippen LogP) is 1.51. The Kier molecular flexibility index (Phi) is 6.04. The van der Waals surface area contributed by atoms with Gasteiger partial charge in [-0.05, 0) is 26.8 Å². The summed E-state index contributed by atoms with van der Waals surface area (Å²) in [7, 11) is 0. The summed E-state index contributed by atoms with van der Waals surface area (Å²) < 4.78 is 5.37. The molecule has 1 unspecified atom stereocenters. The molecule has 1 aromatic rings. The molecule has 2 rings (SSSR count). The molecule has 0 aliphatic carbocycles. The number of aliphatic hydroxyl groups is 2. The minimum atomic E-state index is -0.606. The molecule has 0 bridgehead atoms. The van der Waals surface area contributed by atoms with Crippen molar-refractivity contribution in [2.45, 2.75) is 39.0 Å². The molecule has 0 aromatic heterocycles. The lowest BCUT2D eigenvalue weighted by Crippen LogP contribution is -2.57. The number of carbonyl (C=O) groups is 1. The molecular formula is C17H25N3O6. The number of amides is 1. The van der Waals surface area contributed by atoms with E-state index >= 15 is 0 Å². The predicted molar refractivity (Wildman–Crippen MR) is 95.0 cm³/mol. The molecule has 0 radical (unpaired) electrons. The first kappa shape index (κ1) is 19.9. The van der Waals surface area contributed by atoms with Gasteiger partial charge in [0.2, 0.25) is 0 Å². The lowest BCUT2D eigenvalue weighted by Gasteiger charge is -2.42. The summed E-state index contributed by atoms with van der Waals surface area (Å²) in [5, 5.41) is 30.3. The molecule has 9 nitrogen and oxygen atoms in total. The Labute approximate surface area is 151 Å². The molecule has 1 amide bonds. The number of ether oxygens (including phenoxy) is 1. The SMILES string of the molecule is CC(C)(C)OC(=O)N1CCN(c2ccc([N+](=O)[O-])cc2CO)C(CO)C1. The maximum atomic E-state index is 12.2. The fourth-order valence-corrected chi connectivity index (χ4v) is 2.91. The van der Waals surface area contributed by atoms with E-state index in [-0.39, 0.29) is 25.4 Å². The highest BCUT2D eigenvalue weighted by Crippen LogP contribution is 2.29. The average Bonchev–Trinajstić information content (AvgIpc) is 2.59. The highest BCUT2D eigenvalue weighted by molar-refractivity contribution is 5.69. The first-order valence-corrected chi connectivity index (χ1v) is 8.40. The number of anilines is 1. The second-order valence-electron chi connectivity index (χ2n) is 7.18. The molecule has 0 spiro atoms. The monoisotopic (exact) mass is 367 g/mol. The van der Waals surface area contributed by atoms with Crippen LogP contribution in [-0.2, 0) is 11.3 Å². The molecule has 1 aromatic carbocycles. The van der Waals surface area contributed by atoms with Gasteiger partial charge in [0.1, 0.15) is 5.60 Å². The number of nitro benzene ring substituents is 1. The fourth-order valence-electron chi connectivity index (χ4n) is 2.91. The molecule has 9 heteroatoms. The van der Waals surface area contributed by atoms with E-state index in [1.807, 2.05) is 4.90 Å². The zero-order valence-corrected chi connectivity index (χ0v) is 15.2. The zero-order chi connectivity index (χ0) is 19.5. The number of hydrogen-bond donors (Lipinski definition) is 2. The number of aliphatic hydroxyl groups excluding tert-OH is 2. The minimum absolute atomic E-state index is 0.106. The highest BCUT2D eigenvalue weighted by Gasteiger charge is 2.32. The smallest absolute Gasteiger partial charge is 0.410 e. The lowest BCUT2D eigenvalue weighted by molar-refractivity contribution is -0.384. The molecule has 0 saturated carbocycles. The Morgan fingerprint density at radius 1 is 1.35 bits per heavy atom. The van der Waals surface area contributed by atoms with Gasteiger partial charge in [0, 0.05) is 43.0 Å². The maximum Gasteiger partial charge on any atom is 0.410 e. The summed E-state index contributed by atoms with van der Waals surface area (Å²) in [6.45, 7) is 5.84. The van der Waals surface area contributed by atoms with Gasteiger partial charge in [0.05, 0.1) is 24.2 Å². The highest BCUT2D eigenvalue weighted by atomic mass is 16.6. The van der Waals surface area contributed by atoms with Crippen molar-refractivity contribution in [2.24, 2.45) is 0 Å². The van der Waals surface area contributed by atoms with Crippen molar-refractivity contribution in [1.82, 2.24) is 4.90 Å². The van der Waals surface area contributed by atoms with Gasteiger partial charge in [0.25, 0.3) is 5.69 Å². The van der Waals surface area contributed by atoms with E-state index in [2.05, 4.69) is 0 Å². The maximum absolute atomic E-state index is 12.2. The quantitative estimate of drug-likeness (QED) is 0.612. The van der Waals surface area contributed by atoms with Crippen LogP contribution in [0.25, 0.3) is 0 Å². The van der Waals surface area contributed by atoms with Gasteiger partial charge in [-0.25, -0.2) is 4.79 Å². The summed E-state index contributed by atoms with van der Waals surface area (Å²) in [5.74, 6) is 0. The van der Waals surface area contributed by atoms with Crippen molar-refractivity contribution < 1.29 is 24.7 Å². The van der Waals surface area contributed by atoms with Crippen LogP contribution < -0.4 is 4.90 Å². The van der Waals surface area contributed by atoms with E-state index in [9.17, 15) is 25.1 Å². The molecule has 1 fully saturated rings. The number of nitrogens with zero attached hydrogens (tertiary/aromatic N) is 3. The first-order valence-electron chi connectivity index (χ1n) is 8.40. The van der Waals surface area contributed by atoms with Crippen molar-refractivity contribution in [3.63, 3.8) is 0 Å². The Hall–Kier alpha value is -2.39. The lowest BCUT2D eigenvalue weighted by atomic mass is 10.1. The Morgan fingerprint density at radius 2 is 2.04 bits per heavy atom. The fraction of sp³-hybridized carbons (Fsp3) is 0.588. The molecule has 1 saturated heterocycles. The number of piperazine rings is 1. The number of hydrogen-bond acceptors (Lipinski definition) is 7. The third-order valence-corrected chi connectivity index (χ3v) is 4.10. The molecule has 1 aliphatic rings. The normalized spacial score (nSPS) is 18.0. The zero-order valence-electron chi connectivity index (χ0n) is 15.2. The molecule has 2 N–H and O–H groups in total. The summed E-state index contributed by atoms with van der Waals surface area (Å²) in [6.07, 6.45) is -0.443. The van der Waals surface area contributed by atoms with E-state index in [0.717, 1.165) is 0 Å². The van der Waals surface area contributed by atoms with Crippen LogP contribution in [0.1, 0.15) is 26.3 Å². The average molecular weight is 367 g/mol. The number of carbonyl (C=O) groups excluding carboxylic acids is 1. The van der Waals surface area contributed by atoms with Crippen molar-refractivity contribution in [3.05, 3.63) is 33.9 Å². The molecular weight excluding hydrogens is 342 g/mol. The summed E-state index contributed by atoms with van der Waals surface area (Å²) in [6, 6.07) is 3.85. The van der Waals surface area contributed by atoms with Crippen LogP contribution in [0, 0.1) is 10.1 Å². The third kappa shape index (κ3) is 4.61. The molecule has 1 heterocycles. The van der Waals surface area contributed by atoms with Crippen LogP contribution in [0.2, 0.25) is 0 Å². The van der Waals surface area contributed by atoms with E-state index < -0.39 is 22.7 Å². The van der Waals surface area contributed by atoms with Crippen LogP contribution in [0.4, 0.5) is 16.2 Å². The Bertz CT molecular complexity index is 673. The van der Waals surface area contributed by atoms with Crippen LogP contribution in [-0.4, -0.2) is 64.0 Å². The van der Waals surface area contributed by atoms with Gasteiger partial charge in [-0.15, -0.1) is 0 Å². The number of non-ortho nitro benzene ring substituents is 1. The van der Waals surface area contributed by atoms with Crippen LogP contribution in [0.5, 0.6) is 0 Å². The number of benzene rings is 1. The van der Waals surface area contributed by atoms with Crippen molar-refractivity contribution in [2.75, 3.05) is 31.1 Å². The minimum Gasteiger partial charge on any atom is -0.444 e. The van der Waals surface area contributed by atoms with E-state index in [4.69, 9.17) is 4.74 Å². The molecule has 1 aliphatic heterocycles. The van der Waals surface area contributed by atoms with Crippen molar-refractivity contribution in [1.29, 1.82) is 0 Å². The number of nitro groups is 1. The second-order valence-corrected chi connectivity index (χ2v) is 7.18. The molecule has 144 valence electrons. The standard InChI is InChI=1S/C17H25N3O6/c1-17(2,3)26-16(23)18-6-7-19(14(9-18)11-22)15-5-4-13(20(24)25)8-12(15)10-21/h4-5,8,14,21-22H,6-7,9-11H2,1-3H3. The topological polar surface area (TPSA) is 116 Å². The van der Waals surface area contributed by atoms with Crippen LogP contribution >= 0.6 is 0 Å². The summed E-state index contributed by atoms with van der Waals surface area (Å²) in [4.78, 5) is 26.0. The molecule has 1 atom stereocenters. The van der Waals surface area contributed by atoms with Crippen LogP contribution in [0.3, 0.4) is 0 Å². The van der Waals surface area contributed by atoms with Gasteiger partial charge >= 0.3 is 6.09 Å². The van der Waals surface area contributed by atoms with E-state index in [1.165, 1.54) is 17.0 Å². The van der Waals surface area contributed by atoms with E-state index in [1.54, 1.807) is 26.8 Å². The van der Waals surface area contributed by atoms with Gasteiger partial charge in [-0.1, -0.05) is 0 Å². The largest absolute Gasteiger partial charge is 0.444 e. The van der Waals surface area contributed by atoms with Crippen LogP contribution in [0.15, 0.2) is 18.2 Å². The summed E-state index contributed by atoms with van der Waals surface area (Å²) in [5.41, 5.74) is 0.306. The van der Waals surface area contributed by atoms with Crippen molar-refractivity contribution >= 4 is 17.5 Å². The summed E-state index contributed by atoms with van der Waals surface area (Å²) >= 11 is 0. The molecule has 26 heavy (non-hydrogen) atoms. The Morgan fingerprint density at radius 3 is 2.58 bits per heavy atom. The first-order chi connectivity index (χ1) is 12.2. The Balaban J connectivity index is 2.20. The third-order valence-electron chi connectivity index (χ3n) is 4.10. The number of rotatable bonds is 4. The van der Waals surface area contributed by atoms with Gasteiger partial charge in [0.15, 0.2) is 0 Å². The van der Waals surface area contributed by atoms with Gasteiger partial charge in [-0.3, -0.25) is 10.1 Å². The van der Waals surface area contributed by atoms with E-state index in [0.29, 0.717) is 24.3 Å². The van der Waals surface area contributed by atoms with Gasteiger partial charge < -0.3 is 24.7 Å².